The second-order valence-corrected chi connectivity index (χ2v) is 4.05. The summed E-state index contributed by atoms with van der Waals surface area (Å²) in [6.07, 6.45) is 0. The number of rotatable bonds is 2. The average Bonchev–Trinajstić information content (AvgIpc) is 2.61. The highest BCUT2D eigenvalue weighted by Crippen LogP contribution is 2.28. The van der Waals surface area contributed by atoms with Crippen LogP contribution in [-0.2, 0) is 7.05 Å². The van der Waals surface area contributed by atoms with Crippen molar-refractivity contribution in [2.45, 2.75) is 0 Å². The first-order chi connectivity index (χ1) is 7.61. The molecule has 0 fully saturated rings. The molecule has 0 bridgehead atoms. The standard InChI is InChI=1S/C10H8BrN3O2/c1-14-9(10(15)16)8(12-13-14)6-4-2-3-5-7(6)11/h2-5H,1H3,(H,15,16). The van der Waals surface area contributed by atoms with Crippen LogP contribution >= 0.6 is 15.9 Å². The van der Waals surface area contributed by atoms with Crippen LogP contribution in [0.25, 0.3) is 11.3 Å². The van der Waals surface area contributed by atoms with E-state index in [9.17, 15) is 4.79 Å². The number of aryl methyl sites for hydroxylation is 1. The molecule has 5 nitrogen and oxygen atoms in total. The van der Waals surface area contributed by atoms with E-state index < -0.39 is 5.97 Å². The van der Waals surface area contributed by atoms with Crippen molar-refractivity contribution in [3.8, 4) is 11.3 Å². The molecular weight excluding hydrogens is 274 g/mol. The fourth-order valence-corrected chi connectivity index (χ4v) is 1.90. The predicted octanol–water partition coefficient (Wildman–Crippen LogP) is 1.94. The fourth-order valence-electron chi connectivity index (χ4n) is 1.43. The lowest BCUT2D eigenvalue weighted by molar-refractivity contribution is 0.0686. The summed E-state index contributed by atoms with van der Waals surface area (Å²) in [5, 5.41) is 16.7. The molecule has 2 rings (SSSR count). The zero-order valence-corrected chi connectivity index (χ0v) is 9.97. The maximum atomic E-state index is 11.1. The monoisotopic (exact) mass is 281 g/mol. The summed E-state index contributed by atoms with van der Waals surface area (Å²) in [5.41, 5.74) is 1.15. The van der Waals surface area contributed by atoms with Gasteiger partial charge >= 0.3 is 5.97 Å². The molecule has 2 aromatic rings. The molecule has 0 saturated carbocycles. The normalized spacial score (nSPS) is 10.4. The quantitative estimate of drug-likeness (QED) is 0.914. The van der Waals surface area contributed by atoms with Gasteiger partial charge in [-0.25, -0.2) is 9.48 Å². The van der Waals surface area contributed by atoms with Crippen LogP contribution in [-0.4, -0.2) is 26.1 Å². The highest BCUT2D eigenvalue weighted by atomic mass is 79.9. The van der Waals surface area contributed by atoms with Crippen LogP contribution in [0.3, 0.4) is 0 Å². The number of nitrogens with zero attached hydrogens (tertiary/aromatic N) is 3. The minimum atomic E-state index is -1.04. The number of hydrogen-bond acceptors (Lipinski definition) is 3. The molecule has 1 aromatic carbocycles. The summed E-state index contributed by atoms with van der Waals surface area (Å²) < 4.78 is 2.04. The first-order valence-electron chi connectivity index (χ1n) is 4.49. The summed E-state index contributed by atoms with van der Waals surface area (Å²) in [5.74, 6) is -1.04. The molecular formula is C10H8BrN3O2. The van der Waals surface area contributed by atoms with Gasteiger partial charge in [0.15, 0.2) is 5.69 Å². The van der Waals surface area contributed by atoms with Crippen molar-refractivity contribution >= 4 is 21.9 Å². The third-order valence-electron chi connectivity index (χ3n) is 2.16. The van der Waals surface area contributed by atoms with Gasteiger partial charge in [-0.15, -0.1) is 5.10 Å². The Hall–Kier alpha value is -1.69. The zero-order chi connectivity index (χ0) is 11.7. The fraction of sp³-hybridized carbons (Fsp3) is 0.100. The maximum Gasteiger partial charge on any atom is 0.356 e. The van der Waals surface area contributed by atoms with Gasteiger partial charge in [0.25, 0.3) is 0 Å². The van der Waals surface area contributed by atoms with E-state index in [-0.39, 0.29) is 5.69 Å². The Morgan fingerprint density at radius 1 is 1.44 bits per heavy atom. The summed E-state index contributed by atoms with van der Waals surface area (Å²) in [4.78, 5) is 11.1. The molecule has 1 N–H and O–H groups in total. The zero-order valence-electron chi connectivity index (χ0n) is 8.38. The molecule has 0 radical (unpaired) electrons. The van der Waals surface area contributed by atoms with Crippen LogP contribution in [0.2, 0.25) is 0 Å². The number of benzene rings is 1. The lowest BCUT2D eigenvalue weighted by Crippen LogP contribution is -2.06. The van der Waals surface area contributed by atoms with Crippen LogP contribution < -0.4 is 0 Å². The van der Waals surface area contributed by atoms with E-state index in [0.717, 1.165) is 4.47 Å². The highest BCUT2D eigenvalue weighted by Gasteiger charge is 2.20. The van der Waals surface area contributed by atoms with Crippen molar-refractivity contribution in [3.63, 3.8) is 0 Å². The van der Waals surface area contributed by atoms with Gasteiger partial charge in [-0.2, -0.15) is 0 Å². The van der Waals surface area contributed by atoms with Crippen LogP contribution in [0.4, 0.5) is 0 Å². The number of hydrogen-bond donors (Lipinski definition) is 1. The smallest absolute Gasteiger partial charge is 0.356 e. The first-order valence-corrected chi connectivity index (χ1v) is 5.28. The van der Waals surface area contributed by atoms with E-state index in [2.05, 4.69) is 26.2 Å². The summed E-state index contributed by atoms with van der Waals surface area (Å²) in [6.45, 7) is 0. The minimum Gasteiger partial charge on any atom is -0.476 e. The van der Waals surface area contributed by atoms with Crippen molar-refractivity contribution in [1.82, 2.24) is 15.0 Å². The Morgan fingerprint density at radius 2 is 2.12 bits per heavy atom. The van der Waals surface area contributed by atoms with Gasteiger partial charge < -0.3 is 5.11 Å². The predicted molar refractivity (Wildman–Crippen MR) is 61.1 cm³/mol. The van der Waals surface area contributed by atoms with Crippen LogP contribution in [0.1, 0.15) is 10.5 Å². The number of aromatic carboxylic acids is 1. The van der Waals surface area contributed by atoms with Gasteiger partial charge in [0.2, 0.25) is 0 Å². The molecule has 1 aromatic heterocycles. The third-order valence-corrected chi connectivity index (χ3v) is 2.85. The van der Waals surface area contributed by atoms with Gasteiger partial charge in [-0.05, 0) is 6.07 Å². The van der Waals surface area contributed by atoms with E-state index in [1.807, 2.05) is 18.2 Å². The third kappa shape index (κ3) is 1.71. The molecule has 0 atom stereocenters. The Kier molecular flexibility index (Phi) is 2.74. The topological polar surface area (TPSA) is 68.0 Å². The Bertz CT molecular complexity index is 551. The summed E-state index contributed by atoms with van der Waals surface area (Å²) in [7, 11) is 1.55. The number of carboxylic acids is 1. The lowest BCUT2D eigenvalue weighted by atomic mass is 10.1. The largest absolute Gasteiger partial charge is 0.476 e. The van der Waals surface area contributed by atoms with Crippen molar-refractivity contribution in [1.29, 1.82) is 0 Å². The summed E-state index contributed by atoms with van der Waals surface area (Å²) >= 11 is 3.36. The van der Waals surface area contributed by atoms with Gasteiger partial charge in [-0.3, -0.25) is 0 Å². The maximum absolute atomic E-state index is 11.1. The summed E-state index contributed by atoms with van der Waals surface area (Å²) in [6, 6.07) is 7.29. The van der Waals surface area contributed by atoms with E-state index in [1.54, 1.807) is 13.1 Å². The first kappa shape index (κ1) is 10.8. The number of carbonyl (C=O) groups is 1. The second kappa shape index (κ2) is 4.05. The number of aromatic nitrogens is 3. The molecule has 6 heteroatoms. The molecule has 0 spiro atoms. The molecule has 82 valence electrons. The van der Waals surface area contributed by atoms with Crippen molar-refractivity contribution in [2.24, 2.45) is 7.05 Å². The van der Waals surface area contributed by atoms with Crippen LogP contribution in [0.15, 0.2) is 28.7 Å². The Morgan fingerprint density at radius 3 is 2.75 bits per heavy atom. The minimum absolute atomic E-state index is 0.0758. The molecule has 0 aliphatic rings. The molecule has 16 heavy (non-hydrogen) atoms. The van der Waals surface area contributed by atoms with E-state index in [0.29, 0.717) is 11.3 Å². The van der Waals surface area contributed by atoms with Crippen molar-refractivity contribution in [2.75, 3.05) is 0 Å². The van der Waals surface area contributed by atoms with E-state index >= 15 is 0 Å². The van der Waals surface area contributed by atoms with Gasteiger partial charge in [0, 0.05) is 17.1 Å². The SMILES string of the molecule is Cn1nnc(-c2ccccc2Br)c1C(=O)O. The van der Waals surface area contributed by atoms with Gasteiger partial charge in [-0.1, -0.05) is 39.3 Å². The van der Waals surface area contributed by atoms with Gasteiger partial charge in [0.05, 0.1) is 0 Å². The van der Waals surface area contributed by atoms with Crippen LogP contribution in [0, 0.1) is 0 Å². The molecule has 0 saturated heterocycles. The molecule has 0 aliphatic carbocycles. The van der Waals surface area contributed by atoms with Crippen molar-refractivity contribution < 1.29 is 9.90 Å². The van der Waals surface area contributed by atoms with E-state index in [4.69, 9.17) is 5.11 Å². The molecule has 0 unspecified atom stereocenters. The Labute approximate surface area is 99.8 Å². The van der Waals surface area contributed by atoms with Crippen molar-refractivity contribution in [3.05, 3.63) is 34.4 Å². The lowest BCUT2D eigenvalue weighted by Gasteiger charge is -2.01. The number of carboxylic acid groups (broad SMARTS) is 1. The highest BCUT2D eigenvalue weighted by molar-refractivity contribution is 9.10. The number of halogens is 1. The molecule has 0 aliphatic heterocycles. The van der Waals surface area contributed by atoms with Crippen LogP contribution in [0.5, 0.6) is 0 Å². The van der Waals surface area contributed by atoms with E-state index in [1.165, 1.54) is 4.68 Å². The molecule has 0 amide bonds. The Balaban J connectivity index is 2.66. The van der Waals surface area contributed by atoms with Gasteiger partial charge in [0.1, 0.15) is 5.69 Å². The second-order valence-electron chi connectivity index (χ2n) is 3.20. The average molecular weight is 282 g/mol. The molecule has 1 heterocycles.